The summed E-state index contributed by atoms with van der Waals surface area (Å²) in [5.74, 6) is 0.0974. The first-order valence-electron chi connectivity index (χ1n) is 8.30. The van der Waals surface area contributed by atoms with Crippen molar-refractivity contribution in [3.8, 4) is 11.3 Å². The molecule has 0 bridgehead atoms. The Morgan fingerprint density at radius 3 is 2.80 bits per heavy atom. The van der Waals surface area contributed by atoms with E-state index >= 15 is 0 Å². The molecule has 1 amide bonds. The van der Waals surface area contributed by atoms with Gasteiger partial charge in [-0.1, -0.05) is 17.3 Å². The minimum absolute atomic E-state index is 0.0974. The second kappa shape index (κ2) is 6.60. The zero-order chi connectivity index (χ0) is 17.2. The number of aromatic nitrogens is 4. The maximum absolute atomic E-state index is 12.4. The van der Waals surface area contributed by atoms with Crippen LogP contribution in [0, 0.1) is 0 Å². The molecule has 1 fully saturated rings. The number of carbonyl (C=O) groups excluding carboxylic acids is 1. The molecule has 128 valence electrons. The predicted molar refractivity (Wildman–Crippen MR) is 92.8 cm³/mol. The fourth-order valence-corrected chi connectivity index (χ4v) is 3.00. The van der Waals surface area contributed by atoms with E-state index in [-0.39, 0.29) is 5.91 Å². The van der Waals surface area contributed by atoms with Crippen molar-refractivity contribution in [2.45, 2.75) is 6.42 Å². The molecule has 1 aromatic carbocycles. The number of aryl methyl sites for hydroxylation is 1. The lowest BCUT2D eigenvalue weighted by molar-refractivity contribution is -0.134. The van der Waals surface area contributed by atoms with Crippen molar-refractivity contribution in [3.63, 3.8) is 0 Å². The van der Waals surface area contributed by atoms with Gasteiger partial charge < -0.3 is 9.64 Å². The van der Waals surface area contributed by atoms with Crippen molar-refractivity contribution < 1.29 is 9.53 Å². The molecule has 2 aromatic heterocycles. The third kappa shape index (κ3) is 3.36. The molecule has 3 aromatic rings. The number of ether oxygens (including phenoxy) is 1. The van der Waals surface area contributed by atoms with E-state index in [1.165, 1.54) is 0 Å². The minimum Gasteiger partial charge on any atom is -0.378 e. The summed E-state index contributed by atoms with van der Waals surface area (Å²) in [6, 6.07) is 8.06. The highest BCUT2D eigenvalue weighted by Gasteiger charge is 2.17. The maximum Gasteiger partial charge on any atom is 0.228 e. The Balaban J connectivity index is 1.59. The summed E-state index contributed by atoms with van der Waals surface area (Å²) >= 11 is 0. The van der Waals surface area contributed by atoms with E-state index in [1.807, 2.05) is 42.5 Å². The molecule has 0 unspecified atom stereocenters. The Bertz CT molecular complexity index is 915. The smallest absolute Gasteiger partial charge is 0.228 e. The van der Waals surface area contributed by atoms with Crippen molar-refractivity contribution in [3.05, 3.63) is 42.4 Å². The van der Waals surface area contributed by atoms with Gasteiger partial charge in [0.25, 0.3) is 0 Å². The molecule has 7 nitrogen and oxygen atoms in total. The summed E-state index contributed by atoms with van der Waals surface area (Å²) in [4.78, 5) is 18.7. The van der Waals surface area contributed by atoms with Gasteiger partial charge in [0.1, 0.15) is 5.69 Å². The van der Waals surface area contributed by atoms with Gasteiger partial charge in [0, 0.05) is 37.3 Å². The standard InChI is InChI=1S/C18H19N5O2/c1-22-12-17(20-21-22)13-2-3-14-11-19-16(9-15(14)8-13)10-18(24)23-4-6-25-7-5-23/h2-3,8-9,11-12H,4-7,10H2,1H3. The summed E-state index contributed by atoms with van der Waals surface area (Å²) in [6.07, 6.45) is 4.01. The normalized spacial score (nSPS) is 14.8. The van der Waals surface area contributed by atoms with Gasteiger partial charge in [0.2, 0.25) is 5.91 Å². The average molecular weight is 337 g/mol. The van der Waals surface area contributed by atoms with Gasteiger partial charge in [0.05, 0.1) is 31.5 Å². The van der Waals surface area contributed by atoms with Crippen molar-refractivity contribution >= 4 is 16.7 Å². The monoisotopic (exact) mass is 337 g/mol. The van der Waals surface area contributed by atoms with Crippen LogP contribution in [-0.2, 0) is 23.0 Å². The largest absolute Gasteiger partial charge is 0.378 e. The number of hydrogen-bond acceptors (Lipinski definition) is 5. The third-order valence-electron chi connectivity index (χ3n) is 4.37. The van der Waals surface area contributed by atoms with Crippen molar-refractivity contribution in [1.29, 1.82) is 0 Å². The molecule has 1 aliphatic rings. The Hall–Kier alpha value is -2.80. The summed E-state index contributed by atoms with van der Waals surface area (Å²) in [5.41, 5.74) is 2.60. The number of morpholine rings is 1. The van der Waals surface area contributed by atoms with Gasteiger partial charge in [-0.25, -0.2) is 0 Å². The molecule has 1 aliphatic heterocycles. The van der Waals surface area contributed by atoms with E-state index in [1.54, 1.807) is 4.68 Å². The molecule has 0 spiro atoms. The number of amides is 1. The fourth-order valence-electron chi connectivity index (χ4n) is 3.00. The Morgan fingerprint density at radius 2 is 2.04 bits per heavy atom. The van der Waals surface area contributed by atoms with E-state index in [0.717, 1.165) is 27.7 Å². The number of rotatable bonds is 3. The van der Waals surface area contributed by atoms with Crippen LogP contribution >= 0.6 is 0 Å². The lowest BCUT2D eigenvalue weighted by Gasteiger charge is -2.26. The summed E-state index contributed by atoms with van der Waals surface area (Å²) in [5, 5.41) is 10.2. The van der Waals surface area contributed by atoms with Crippen LogP contribution < -0.4 is 0 Å². The fraction of sp³-hybridized carbons (Fsp3) is 0.333. The van der Waals surface area contributed by atoms with E-state index in [2.05, 4.69) is 21.4 Å². The average Bonchev–Trinajstić information content (AvgIpc) is 3.08. The van der Waals surface area contributed by atoms with Crippen LogP contribution in [-0.4, -0.2) is 57.1 Å². The summed E-state index contributed by atoms with van der Waals surface area (Å²) in [7, 11) is 1.84. The van der Waals surface area contributed by atoms with Crippen molar-refractivity contribution in [2.75, 3.05) is 26.3 Å². The molecule has 7 heteroatoms. The van der Waals surface area contributed by atoms with Crippen LogP contribution in [0.3, 0.4) is 0 Å². The molecular formula is C18H19N5O2. The Labute approximate surface area is 145 Å². The number of benzene rings is 1. The zero-order valence-corrected chi connectivity index (χ0v) is 14.1. The van der Waals surface area contributed by atoms with Gasteiger partial charge in [-0.05, 0) is 17.5 Å². The predicted octanol–water partition coefficient (Wildman–Crippen LogP) is 1.43. The van der Waals surface area contributed by atoms with Crippen molar-refractivity contribution in [2.24, 2.45) is 7.05 Å². The minimum atomic E-state index is 0.0974. The van der Waals surface area contributed by atoms with Crippen LogP contribution in [0.5, 0.6) is 0 Å². The molecular weight excluding hydrogens is 318 g/mol. The van der Waals surface area contributed by atoms with E-state index in [4.69, 9.17) is 4.74 Å². The molecule has 1 saturated heterocycles. The first kappa shape index (κ1) is 15.7. The number of carbonyl (C=O) groups is 1. The van der Waals surface area contributed by atoms with Crippen molar-refractivity contribution in [1.82, 2.24) is 24.9 Å². The molecule has 0 atom stereocenters. The highest BCUT2D eigenvalue weighted by molar-refractivity contribution is 5.87. The van der Waals surface area contributed by atoms with E-state index < -0.39 is 0 Å². The zero-order valence-electron chi connectivity index (χ0n) is 14.1. The van der Waals surface area contributed by atoms with Crippen LogP contribution in [0.2, 0.25) is 0 Å². The molecule has 3 heterocycles. The highest BCUT2D eigenvalue weighted by atomic mass is 16.5. The van der Waals surface area contributed by atoms with Crippen LogP contribution in [0.4, 0.5) is 0 Å². The molecule has 0 radical (unpaired) electrons. The summed E-state index contributed by atoms with van der Waals surface area (Å²) < 4.78 is 6.97. The Kier molecular flexibility index (Phi) is 4.15. The van der Waals surface area contributed by atoms with Gasteiger partial charge in [0.15, 0.2) is 0 Å². The molecule has 0 aliphatic carbocycles. The number of pyridine rings is 1. The second-order valence-electron chi connectivity index (χ2n) is 6.18. The first-order chi connectivity index (χ1) is 12.2. The summed E-state index contributed by atoms with van der Waals surface area (Å²) in [6.45, 7) is 2.53. The van der Waals surface area contributed by atoms with E-state index in [0.29, 0.717) is 32.7 Å². The van der Waals surface area contributed by atoms with Crippen LogP contribution in [0.15, 0.2) is 36.7 Å². The SMILES string of the molecule is Cn1cc(-c2ccc3cnc(CC(=O)N4CCOCC4)cc3c2)nn1. The molecule has 0 N–H and O–H groups in total. The number of nitrogens with zero attached hydrogens (tertiary/aromatic N) is 5. The van der Waals surface area contributed by atoms with Gasteiger partial charge in [-0.2, -0.15) is 0 Å². The molecule has 4 rings (SSSR count). The van der Waals surface area contributed by atoms with Crippen LogP contribution in [0.25, 0.3) is 22.0 Å². The first-order valence-corrected chi connectivity index (χ1v) is 8.30. The number of hydrogen-bond donors (Lipinski definition) is 0. The van der Waals surface area contributed by atoms with Gasteiger partial charge in [-0.3, -0.25) is 14.5 Å². The topological polar surface area (TPSA) is 73.1 Å². The quantitative estimate of drug-likeness (QED) is 0.723. The van der Waals surface area contributed by atoms with Gasteiger partial charge in [-0.15, -0.1) is 5.10 Å². The van der Waals surface area contributed by atoms with E-state index in [9.17, 15) is 4.79 Å². The molecule has 0 saturated carbocycles. The molecule has 25 heavy (non-hydrogen) atoms. The highest BCUT2D eigenvalue weighted by Crippen LogP contribution is 2.23. The lowest BCUT2D eigenvalue weighted by Crippen LogP contribution is -2.41. The second-order valence-corrected chi connectivity index (χ2v) is 6.18. The number of fused-ring (bicyclic) bond motifs is 1. The lowest BCUT2D eigenvalue weighted by atomic mass is 10.1. The third-order valence-corrected chi connectivity index (χ3v) is 4.37. The maximum atomic E-state index is 12.4. The van der Waals surface area contributed by atoms with Gasteiger partial charge >= 0.3 is 0 Å². The Morgan fingerprint density at radius 1 is 1.20 bits per heavy atom. The van der Waals surface area contributed by atoms with Crippen LogP contribution in [0.1, 0.15) is 5.69 Å².